The molecule has 1 atom stereocenters. The summed E-state index contributed by atoms with van der Waals surface area (Å²) >= 11 is 0. The standard InChI is InChI=1S/C15H17N3O2/c1-10(2)7-13-14(19)18(15(20)17-13)9-12-5-3-11(8-16)4-6-12/h3-6,10,13H,7,9H2,1-2H3,(H,17,20)/t13-/m0/s1. The molecule has 1 aromatic rings. The molecule has 5 heteroatoms. The molecule has 1 heterocycles. The SMILES string of the molecule is CC(C)C[C@@H]1NC(=O)N(Cc2ccc(C#N)cc2)C1=O. The first-order chi connectivity index (χ1) is 9.51. The van der Waals surface area contributed by atoms with Crippen molar-refractivity contribution in [3.05, 3.63) is 35.4 Å². The molecule has 1 aliphatic rings. The van der Waals surface area contributed by atoms with Gasteiger partial charge >= 0.3 is 6.03 Å². The molecule has 5 nitrogen and oxygen atoms in total. The predicted molar refractivity (Wildman–Crippen MR) is 73.5 cm³/mol. The molecule has 2 rings (SSSR count). The average molecular weight is 271 g/mol. The van der Waals surface area contributed by atoms with Gasteiger partial charge in [0.05, 0.1) is 18.2 Å². The van der Waals surface area contributed by atoms with Crippen LogP contribution in [0.4, 0.5) is 4.79 Å². The molecule has 1 N–H and O–H groups in total. The van der Waals surface area contributed by atoms with E-state index in [9.17, 15) is 9.59 Å². The second-order valence-electron chi connectivity index (χ2n) is 5.36. The molecule has 0 aliphatic carbocycles. The maximum Gasteiger partial charge on any atom is 0.325 e. The number of nitrogens with one attached hydrogen (secondary N) is 1. The molecule has 0 radical (unpaired) electrons. The van der Waals surface area contributed by atoms with Crippen LogP contribution in [-0.4, -0.2) is 22.9 Å². The monoisotopic (exact) mass is 271 g/mol. The lowest BCUT2D eigenvalue weighted by atomic mass is 10.0. The van der Waals surface area contributed by atoms with Crippen molar-refractivity contribution in [2.24, 2.45) is 5.92 Å². The van der Waals surface area contributed by atoms with Crippen LogP contribution in [0.25, 0.3) is 0 Å². The fourth-order valence-electron chi connectivity index (χ4n) is 2.23. The Kier molecular flexibility index (Phi) is 4.04. The number of amides is 3. The summed E-state index contributed by atoms with van der Waals surface area (Å²) in [5.41, 5.74) is 1.39. The van der Waals surface area contributed by atoms with Gasteiger partial charge in [-0.3, -0.25) is 9.69 Å². The Hall–Kier alpha value is -2.35. The normalized spacial score (nSPS) is 18.3. The van der Waals surface area contributed by atoms with Crippen LogP contribution in [0.2, 0.25) is 0 Å². The van der Waals surface area contributed by atoms with Crippen molar-refractivity contribution >= 4 is 11.9 Å². The van der Waals surface area contributed by atoms with E-state index in [1.54, 1.807) is 24.3 Å². The quantitative estimate of drug-likeness (QED) is 0.851. The fraction of sp³-hybridized carbons (Fsp3) is 0.400. The fourth-order valence-corrected chi connectivity index (χ4v) is 2.23. The minimum Gasteiger partial charge on any atom is -0.326 e. The first-order valence-corrected chi connectivity index (χ1v) is 6.62. The maximum atomic E-state index is 12.2. The van der Waals surface area contributed by atoms with Gasteiger partial charge in [-0.1, -0.05) is 26.0 Å². The van der Waals surface area contributed by atoms with Gasteiger partial charge in [-0.05, 0) is 30.0 Å². The number of carbonyl (C=O) groups is 2. The second-order valence-corrected chi connectivity index (χ2v) is 5.36. The summed E-state index contributed by atoms with van der Waals surface area (Å²) in [6, 6.07) is 8.15. The largest absolute Gasteiger partial charge is 0.326 e. The number of hydrogen-bond acceptors (Lipinski definition) is 3. The van der Waals surface area contributed by atoms with Gasteiger partial charge in [-0.25, -0.2) is 4.79 Å². The summed E-state index contributed by atoms with van der Waals surface area (Å²) in [4.78, 5) is 25.2. The van der Waals surface area contributed by atoms with Gasteiger partial charge in [-0.15, -0.1) is 0 Å². The molecule has 1 fully saturated rings. The summed E-state index contributed by atoms with van der Waals surface area (Å²) in [5, 5.41) is 11.4. The van der Waals surface area contributed by atoms with Crippen molar-refractivity contribution in [1.82, 2.24) is 10.2 Å². The highest BCUT2D eigenvalue weighted by atomic mass is 16.2. The molecule has 0 aromatic heterocycles. The molecule has 0 saturated carbocycles. The van der Waals surface area contributed by atoms with Crippen molar-refractivity contribution in [3.8, 4) is 6.07 Å². The van der Waals surface area contributed by atoms with Crippen LogP contribution < -0.4 is 5.32 Å². The van der Waals surface area contributed by atoms with E-state index >= 15 is 0 Å². The van der Waals surface area contributed by atoms with Crippen LogP contribution in [0.1, 0.15) is 31.4 Å². The van der Waals surface area contributed by atoms with Crippen LogP contribution in [0.5, 0.6) is 0 Å². The third-order valence-corrected chi connectivity index (χ3v) is 3.24. The average Bonchev–Trinajstić information content (AvgIpc) is 2.66. The van der Waals surface area contributed by atoms with Crippen LogP contribution in [0, 0.1) is 17.2 Å². The summed E-state index contributed by atoms with van der Waals surface area (Å²) < 4.78 is 0. The van der Waals surface area contributed by atoms with Gasteiger partial charge in [0.2, 0.25) is 0 Å². The van der Waals surface area contributed by atoms with E-state index in [1.807, 2.05) is 19.9 Å². The van der Waals surface area contributed by atoms with Gasteiger partial charge in [0.25, 0.3) is 5.91 Å². The molecular weight excluding hydrogens is 254 g/mol. The lowest BCUT2D eigenvalue weighted by Gasteiger charge is -2.13. The highest BCUT2D eigenvalue weighted by Crippen LogP contribution is 2.17. The maximum absolute atomic E-state index is 12.2. The van der Waals surface area contributed by atoms with E-state index < -0.39 is 6.04 Å². The molecule has 3 amide bonds. The van der Waals surface area contributed by atoms with Gasteiger partial charge in [0, 0.05) is 0 Å². The van der Waals surface area contributed by atoms with E-state index in [-0.39, 0.29) is 18.5 Å². The van der Waals surface area contributed by atoms with Crippen molar-refractivity contribution < 1.29 is 9.59 Å². The van der Waals surface area contributed by atoms with E-state index in [4.69, 9.17) is 5.26 Å². The summed E-state index contributed by atoms with van der Waals surface area (Å²) in [6.45, 7) is 4.27. The van der Waals surface area contributed by atoms with Gasteiger partial charge in [0.15, 0.2) is 0 Å². The minimum atomic E-state index is -0.416. The Balaban J connectivity index is 2.07. The third-order valence-electron chi connectivity index (χ3n) is 3.24. The molecule has 20 heavy (non-hydrogen) atoms. The zero-order valence-corrected chi connectivity index (χ0v) is 11.6. The molecule has 104 valence electrons. The van der Waals surface area contributed by atoms with Gasteiger partial charge < -0.3 is 5.32 Å². The number of carbonyl (C=O) groups excluding carboxylic acids is 2. The first kappa shape index (κ1) is 14.1. The van der Waals surface area contributed by atoms with Crippen molar-refractivity contribution in [3.63, 3.8) is 0 Å². The third kappa shape index (κ3) is 2.97. The Bertz CT molecular complexity index is 557. The lowest BCUT2D eigenvalue weighted by Crippen LogP contribution is -2.31. The number of imide groups is 1. The van der Waals surface area contributed by atoms with E-state index in [1.165, 1.54) is 4.90 Å². The van der Waals surface area contributed by atoms with Crippen LogP contribution in [-0.2, 0) is 11.3 Å². The highest BCUT2D eigenvalue weighted by molar-refractivity contribution is 6.04. The van der Waals surface area contributed by atoms with Crippen LogP contribution >= 0.6 is 0 Å². The molecular formula is C15H17N3O2. The zero-order chi connectivity index (χ0) is 14.7. The number of urea groups is 1. The van der Waals surface area contributed by atoms with Crippen molar-refractivity contribution in [1.29, 1.82) is 5.26 Å². The summed E-state index contributed by atoms with van der Waals surface area (Å²) in [6.07, 6.45) is 0.647. The van der Waals surface area contributed by atoms with Crippen molar-refractivity contribution in [2.75, 3.05) is 0 Å². The van der Waals surface area contributed by atoms with E-state index in [0.29, 0.717) is 17.9 Å². The number of nitriles is 1. The Morgan fingerprint density at radius 3 is 2.50 bits per heavy atom. The zero-order valence-electron chi connectivity index (χ0n) is 11.6. The van der Waals surface area contributed by atoms with Gasteiger partial charge in [0.1, 0.15) is 6.04 Å². The number of nitrogens with zero attached hydrogens (tertiary/aromatic N) is 2. The Labute approximate surface area is 118 Å². The van der Waals surface area contributed by atoms with E-state index in [0.717, 1.165) is 5.56 Å². The Morgan fingerprint density at radius 2 is 1.95 bits per heavy atom. The Morgan fingerprint density at radius 1 is 1.30 bits per heavy atom. The molecule has 1 saturated heterocycles. The first-order valence-electron chi connectivity index (χ1n) is 6.62. The van der Waals surface area contributed by atoms with Gasteiger partial charge in [-0.2, -0.15) is 5.26 Å². The molecule has 0 bridgehead atoms. The molecule has 1 aliphatic heterocycles. The smallest absolute Gasteiger partial charge is 0.325 e. The molecule has 1 aromatic carbocycles. The van der Waals surface area contributed by atoms with Crippen LogP contribution in [0.3, 0.4) is 0 Å². The molecule has 0 unspecified atom stereocenters. The van der Waals surface area contributed by atoms with E-state index in [2.05, 4.69) is 5.32 Å². The number of rotatable bonds is 4. The topological polar surface area (TPSA) is 73.2 Å². The molecule has 0 spiro atoms. The lowest BCUT2D eigenvalue weighted by molar-refractivity contribution is -0.128. The number of benzene rings is 1. The minimum absolute atomic E-state index is 0.173. The second kappa shape index (κ2) is 5.74. The van der Waals surface area contributed by atoms with Crippen molar-refractivity contribution in [2.45, 2.75) is 32.9 Å². The van der Waals surface area contributed by atoms with Crippen LogP contribution in [0.15, 0.2) is 24.3 Å². The summed E-state index contributed by atoms with van der Waals surface area (Å²) in [5.74, 6) is 0.173. The highest BCUT2D eigenvalue weighted by Gasteiger charge is 2.37. The predicted octanol–water partition coefficient (Wildman–Crippen LogP) is 2.02. The number of hydrogen-bond donors (Lipinski definition) is 1. The summed E-state index contributed by atoms with van der Waals surface area (Å²) in [7, 11) is 0.